The van der Waals surface area contributed by atoms with Gasteiger partial charge < -0.3 is 24.2 Å². The summed E-state index contributed by atoms with van der Waals surface area (Å²) in [5.41, 5.74) is 1.15. The van der Waals surface area contributed by atoms with Crippen molar-refractivity contribution in [1.82, 2.24) is 14.8 Å². The number of pyridine rings is 1. The molecule has 8 nitrogen and oxygen atoms in total. The number of nitrogens with zero attached hydrogens (tertiary/aromatic N) is 4. The summed E-state index contributed by atoms with van der Waals surface area (Å²) < 4.78 is 25.2. The van der Waals surface area contributed by atoms with Crippen LogP contribution in [0.3, 0.4) is 0 Å². The van der Waals surface area contributed by atoms with E-state index in [1.54, 1.807) is 59.4 Å². The minimum absolute atomic E-state index is 0.0603. The smallest absolute Gasteiger partial charge is 0.259 e. The minimum atomic E-state index is -0.303. The zero-order valence-electron chi connectivity index (χ0n) is 20.4. The first-order valence-electron chi connectivity index (χ1n) is 11.8. The Hall–Kier alpha value is -4.14. The van der Waals surface area contributed by atoms with E-state index in [2.05, 4.69) is 4.98 Å². The van der Waals surface area contributed by atoms with Crippen LogP contribution in [-0.2, 0) is 4.79 Å². The third-order valence-corrected chi connectivity index (χ3v) is 6.01. The number of likely N-dealkylation sites (N-methyl/N-ethyl adjacent to an activating group) is 1. The predicted molar refractivity (Wildman–Crippen MR) is 134 cm³/mol. The molecule has 0 saturated carbocycles. The molecule has 0 N–H and O–H groups in total. The van der Waals surface area contributed by atoms with Crippen molar-refractivity contribution >= 4 is 17.5 Å². The molecule has 2 amide bonds. The molecule has 9 heteroatoms. The lowest BCUT2D eigenvalue weighted by Gasteiger charge is -2.27. The van der Waals surface area contributed by atoms with Crippen LogP contribution in [-0.4, -0.2) is 73.5 Å². The minimum Gasteiger partial charge on any atom is -0.488 e. The number of hydrogen-bond acceptors (Lipinski definition) is 6. The van der Waals surface area contributed by atoms with Crippen LogP contribution in [0.4, 0.5) is 10.1 Å². The Bertz CT molecular complexity index is 1200. The van der Waals surface area contributed by atoms with Crippen LogP contribution < -0.4 is 14.4 Å². The highest BCUT2D eigenvalue weighted by molar-refractivity contribution is 5.96. The van der Waals surface area contributed by atoms with E-state index in [0.717, 1.165) is 5.69 Å². The Kier molecular flexibility index (Phi) is 7.99. The second kappa shape index (κ2) is 11.5. The molecule has 0 atom stereocenters. The van der Waals surface area contributed by atoms with Gasteiger partial charge in [-0.2, -0.15) is 0 Å². The van der Waals surface area contributed by atoms with E-state index < -0.39 is 0 Å². The van der Waals surface area contributed by atoms with Crippen LogP contribution in [0.1, 0.15) is 16.8 Å². The first kappa shape index (κ1) is 25.0. The average molecular weight is 493 g/mol. The molecule has 0 radical (unpaired) electrons. The summed E-state index contributed by atoms with van der Waals surface area (Å²) in [6, 6.07) is 16.7. The third-order valence-electron chi connectivity index (χ3n) is 6.01. The Balaban J connectivity index is 1.50. The van der Waals surface area contributed by atoms with E-state index in [1.165, 1.54) is 12.1 Å². The van der Waals surface area contributed by atoms with Crippen molar-refractivity contribution in [2.75, 3.05) is 51.8 Å². The van der Waals surface area contributed by atoms with Gasteiger partial charge in [-0.3, -0.25) is 9.59 Å². The molecule has 1 aromatic heterocycles. The number of fused-ring (bicyclic) bond motifs is 2. The van der Waals surface area contributed by atoms with Crippen molar-refractivity contribution in [1.29, 1.82) is 0 Å². The number of carbonyl (C=O) groups is 2. The summed E-state index contributed by atoms with van der Waals surface area (Å²) in [6.07, 6.45) is 1.83. The fraction of sp³-hybridized carbons (Fsp3) is 0.296. The van der Waals surface area contributed by atoms with Gasteiger partial charge in [0.15, 0.2) is 11.5 Å². The monoisotopic (exact) mass is 492 g/mol. The highest BCUT2D eigenvalue weighted by Crippen LogP contribution is 2.32. The Morgan fingerprint density at radius 1 is 1.03 bits per heavy atom. The molecule has 0 saturated heterocycles. The fourth-order valence-electron chi connectivity index (χ4n) is 3.84. The van der Waals surface area contributed by atoms with Gasteiger partial charge in [-0.15, -0.1) is 0 Å². The normalized spacial score (nSPS) is 14.2. The van der Waals surface area contributed by atoms with Crippen molar-refractivity contribution in [2.45, 2.75) is 6.42 Å². The van der Waals surface area contributed by atoms with Gasteiger partial charge in [0, 0.05) is 52.0 Å². The molecular weight excluding hydrogens is 463 g/mol. The second-order valence-electron chi connectivity index (χ2n) is 8.51. The van der Waals surface area contributed by atoms with Crippen molar-refractivity contribution in [2.24, 2.45) is 0 Å². The molecule has 188 valence electrons. The van der Waals surface area contributed by atoms with Crippen LogP contribution in [0, 0.1) is 5.82 Å². The topological polar surface area (TPSA) is 75.2 Å². The summed E-state index contributed by atoms with van der Waals surface area (Å²) in [5.74, 6) is 0.515. The molecule has 1 aliphatic heterocycles. The zero-order chi connectivity index (χ0) is 25.5. The second-order valence-corrected chi connectivity index (χ2v) is 8.51. The highest BCUT2D eigenvalue weighted by Gasteiger charge is 2.22. The first-order chi connectivity index (χ1) is 17.4. The number of aromatic nitrogens is 1. The van der Waals surface area contributed by atoms with E-state index in [0.29, 0.717) is 43.2 Å². The average Bonchev–Trinajstić information content (AvgIpc) is 2.90. The summed E-state index contributed by atoms with van der Waals surface area (Å²) in [5, 5.41) is 0. The molecule has 4 rings (SSSR count). The van der Waals surface area contributed by atoms with Crippen molar-refractivity contribution < 1.29 is 23.5 Å². The Morgan fingerprint density at radius 3 is 2.56 bits per heavy atom. The summed E-state index contributed by atoms with van der Waals surface area (Å²) >= 11 is 0. The standard InChI is InChI=1S/C27H29FN4O4/c1-30(21-11-9-20(28)10-12-21)15-13-25(33)32-17-16-31(2)27(34)22-6-5-14-29-26(22)36-24-8-4-3-7-23(24)35-19-18-32/h3-12,14H,13,15-19H2,1-2H3. The largest absolute Gasteiger partial charge is 0.488 e. The van der Waals surface area contributed by atoms with Gasteiger partial charge in [0.2, 0.25) is 11.8 Å². The third kappa shape index (κ3) is 6.10. The molecule has 0 bridgehead atoms. The van der Waals surface area contributed by atoms with E-state index in [-0.39, 0.29) is 36.5 Å². The van der Waals surface area contributed by atoms with E-state index in [1.807, 2.05) is 24.1 Å². The maximum absolute atomic E-state index is 13.2. The van der Waals surface area contributed by atoms with Crippen LogP contribution in [0.2, 0.25) is 0 Å². The number of carbonyl (C=O) groups excluding carboxylic acids is 2. The Labute approximate surface area is 209 Å². The molecular formula is C27H29FN4O4. The number of benzene rings is 2. The summed E-state index contributed by atoms with van der Waals surface area (Å²) in [6.45, 7) is 1.75. The summed E-state index contributed by atoms with van der Waals surface area (Å²) in [4.78, 5) is 35.7. The fourth-order valence-corrected chi connectivity index (χ4v) is 3.84. The lowest BCUT2D eigenvalue weighted by Crippen LogP contribution is -2.42. The molecule has 1 aliphatic rings. The Morgan fingerprint density at radius 2 is 1.78 bits per heavy atom. The number of rotatable bonds is 4. The maximum Gasteiger partial charge on any atom is 0.259 e. The van der Waals surface area contributed by atoms with Gasteiger partial charge in [-0.05, 0) is 48.5 Å². The van der Waals surface area contributed by atoms with Crippen LogP contribution in [0.5, 0.6) is 17.4 Å². The number of amides is 2. The van der Waals surface area contributed by atoms with Crippen molar-refractivity contribution in [3.63, 3.8) is 0 Å². The molecule has 2 heterocycles. The first-order valence-corrected chi connectivity index (χ1v) is 11.8. The quantitative estimate of drug-likeness (QED) is 0.551. The van der Waals surface area contributed by atoms with E-state index in [4.69, 9.17) is 9.47 Å². The van der Waals surface area contributed by atoms with Gasteiger partial charge in [0.25, 0.3) is 5.91 Å². The lowest BCUT2D eigenvalue weighted by atomic mass is 10.2. The number of para-hydroxylation sites is 2. The van der Waals surface area contributed by atoms with Gasteiger partial charge in [-0.25, -0.2) is 9.37 Å². The number of hydrogen-bond donors (Lipinski definition) is 0. The molecule has 3 aromatic rings. The SMILES string of the molecule is CN1CCN(C(=O)CCN(C)c2ccc(F)cc2)CCOc2ccccc2Oc2ncccc2C1=O. The lowest BCUT2D eigenvalue weighted by molar-refractivity contribution is -0.131. The highest BCUT2D eigenvalue weighted by atomic mass is 19.1. The molecule has 2 aromatic carbocycles. The molecule has 0 spiro atoms. The van der Waals surface area contributed by atoms with E-state index >= 15 is 0 Å². The maximum atomic E-state index is 13.2. The van der Waals surface area contributed by atoms with Crippen LogP contribution in [0.25, 0.3) is 0 Å². The molecule has 0 unspecified atom stereocenters. The molecule has 36 heavy (non-hydrogen) atoms. The number of halogens is 1. The van der Waals surface area contributed by atoms with Crippen LogP contribution in [0.15, 0.2) is 66.9 Å². The van der Waals surface area contributed by atoms with Gasteiger partial charge >= 0.3 is 0 Å². The van der Waals surface area contributed by atoms with Gasteiger partial charge in [-0.1, -0.05) is 12.1 Å². The van der Waals surface area contributed by atoms with Gasteiger partial charge in [0.05, 0.1) is 6.54 Å². The number of anilines is 1. The van der Waals surface area contributed by atoms with E-state index in [9.17, 15) is 14.0 Å². The summed E-state index contributed by atoms with van der Waals surface area (Å²) in [7, 11) is 3.55. The number of ether oxygens (including phenoxy) is 2. The molecule has 0 fully saturated rings. The zero-order valence-corrected chi connectivity index (χ0v) is 20.4. The predicted octanol–water partition coefficient (Wildman–Crippen LogP) is 3.83. The van der Waals surface area contributed by atoms with Crippen molar-refractivity contribution in [3.05, 3.63) is 78.2 Å². The van der Waals surface area contributed by atoms with Crippen molar-refractivity contribution in [3.8, 4) is 17.4 Å². The van der Waals surface area contributed by atoms with Crippen LogP contribution >= 0.6 is 0 Å². The molecule has 0 aliphatic carbocycles. The van der Waals surface area contributed by atoms with Gasteiger partial charge in [0.1, 0.15) is 18.0 Å².